The molecule has 0 aliphatic carbocycles. The largest absolute Gasteiger partial charge is 0.367 e. The molecule has 0 spiro atoms. The van der Waals surface area contributed by atoms with Gasteiger partial charge in [0, 0.05) is 42.0 Å². The van der Waals surface area contributed by atoms with Gasteiger partial charge in [0.15, 0.2) is 0 Å². The molecule has 2 aromatic carbocycles. The van der Waals surface area contributed by atoms with E-state index in [1.165, 1.54) is 28.2 Å². The molecular formula is C29H34N2. The number of para-hydroxylation sites is 2. The monoisotopic (exact) mass is 410 g/mol. The van der Waals surface area contributed by atoms with E-state index in [1.54, 1.807) is 0 Å². The number of fused-ring (bicyclic) bond motifs is 2. The molecule has 0 aromatic heterocycles. The van der Waals surface area contributed by atoms with Crippen LogP contribution in [0.25, 0.3) is 0 Å². The number of hydrogen-bond acceptors (Lipinski definition) is 2. The average Bonchev–Trinajstić information content (AvgIpc) is 3.07. The van der Waals surface area contributed by atoms with Gasteiger partial charge >= 0.3 is 0 Å². The van der Waals surface area contributed by atoms with E-state index in [2.05, 4.69) is 143 Å². The molecule has 0 fully saturated rings. The lowest BCUT2D eigenvalue weighted by atomic mass is 9.80. The number of allylic oxidation sites excluding steroid dienone is 7. The Morgan fingerprint density at radius 1 is 0.710 bits per heavy atom. The quantitative estimate of drug-likeness (QED) is 0.514. The predicted octanol–water partition coefficient (Wildman–Crippen LogP) is 6.76. The van der Waals surface area contributed by atoms with Crippen molar-refractivity contribution in [3.8, 4) is 0 Å². The zero-order valence-electron chi connectivity index (χ0n) is 19.6. The fourth-order valence-electron chi connectivity index (χ4n) is 5.30. The number of benzene rings is 2. The SMILES string of the molecule is CN1C(=CC=CC=CC=CC2N(C)c3ccccc3C2(C)C)C(C)(C)c2ccccc21. The molecule has 2 aliphatic heterocycles. The minimum absolute atomic E-state index is 0.0208. The Bertz CT molecular complexity index is 1080. The minimum Gasteiger partial charge on any atom is -0.367 e. The first kappa shape index (κ1) is 21.2. The van der Waals surface area contributed by atoms with Gasteiger partial charge in [0.05, 0.1) is 6.04 Å². The van der Waals surface area contributed by atoms with Crippen LogP contribution in [0.5, 0.6) is 0 Å². The topological polar surface area (TPSA) is 6.48 Å². The first-order valence-electron chi connectivity index (χ1n) is 11.1. The van der Waals surface area contributed by atoms with E-state index in [1.807, 2.05) is 0 Å². The van der Waals surface area contributed by atoms with Gasteiger partial charge in [0.2, 0.25) is 0 Å². The van der Waals surface area contributed by atoms with Gasteiger partial charge in [0.25, 0.3) is 0 Å². The fourth-order valence-corrected chi connectivity index (χ4v) is 5.30. The number of nitrogens with zero attached hydrogens (tertiary/aromatic N) is 2. The first-order valence-corrected chi connectivity index (χ1v) is 11.1. The third kappa shape index (κ3) is 3.54. The van der Waals surface area contributed by atoms with Gasteiger partial charge < -0.3 is 9.80 Å². The van der Waals surface area contributed by atoms with E-state index in [0.717, 1.165) is 0 Å². The summed E-state index contributed by atoms with van der Waals surface area (Å²) >= 11 is 0. The van der Waals surface area contributed by atoms with Crippen molar-refractivity contribution in [2.75, 3.05) is 23.9 Å². The van der Waals surface area contributed by atoms with Crippen molar-refractivity contribution in [3.63, 3.8) is 0 Å². The van der Waals surface area contributed by atoms with Gasteiger partial charge in [-0.25, -0.2) is 0 Å². The van der Waals surface area contributed by atoms with Crippen LogP contribution < -0.4 is 9.80 Å². The Labute approximate surface area is 187 Å². The van der Waals surface area contributed by atoms with Gasteiger partial charge in [-0.3, -0.25) is 0 Å². The van der Waals surface area contributed by atoms with Crippen LogP contribution in [0.15, 0.2) is 96.8 Å². The molecule has 2 aliphatic rings. The van der Waals surface area contributed by atoms with Crippen molar-refractivity contribution in [3.05, 3.63) is 108 Å². The lowest BCUT2D eigenvalue weighted by Gasteiger charge is -2.29. The van der Waals surface area contributed by atoms with Crippen LogP contribution in [0.1, 0.15) is 38.8 Å². The van der Waals surface area contributed by atoms with Crippen molar-refractivity contribution in [2.45, 2.75) is 44.6 Å². The molecule has 4 rings (SSSR count). The maximum Gasteiger partial charge on any atom is 0.0565 e. The molecule has 0 radical (unpaired) electrons. The maximum atomic E-state index is 2.38. The van der Waals surface area contributed by atoms with Gasteiger partial charge in [-0.05, 0) is 29.3 Å². The third-order valence-corrected chi connectivity index (χ3v) is 7.07. The van der Waals surface area contributed by atoms with E-state index in [0.29, 0.717) is 6.04 Å². The summed E-state index contributed by atoms with van der Waals surface area (Å²) in [6.45, 7) is 9.26. The number of anilines is 2. The molecule has 0 saturated carbocycles. The molecule has 0 amide bonds. The van der Waals surface area contributed by atoms with Crippen molar-refractivity contribution >= 4 is 11.4 Å². The summed E-state index contributed by atoms with van der Waals surface area (Å²) in [5.41, 5.74) is 6.89. The molecule has 2 aromatic rings. The first-order chi connectivity index (χ1) is 14.8. The van der Waals surface area contributed by atoms with E-state index in [9.17, 15) is 0 Å². The molecule has 31 heavy (non-hydrogen) atoms. The third-order valence-electron chi connectivity index (χ3n) is 7.07. The van der Waals surface area contributed by atoms with Crippen LogP contribution in [0.3, 0.4) is 0 Å². The predicted molar refractivity (Wildman–Crippen MR) is 135 cm³/mol. The summed E-state index contributed by atoms with van der Waals surface area (Å²) < 4.78 is 0. The lowest BCUT2D eigenvalue weighted by molar-refractivity contribution is 0.488. The highest BCUT2D eigenvalue weighted by atomic mass is 15.2. The van der Waals surface area contributed by atoms with Crippen LogP contribution in [0.4, 0.5) is 11.4 Å². The second-order valence-corrected chi connectivity index (χ2v) is 9.70. The zero-order valence-corrected chi connectivity index (χ0v) is 19.6. The van der Waals surface area contributed by atoms with E-state index >= 15 is 0 Å². The molecule has 0 bridgehead atoms. The number of hydrogen-bond donors (Lipinski definition) is 0. The summed E-state index contributed by atoms with van der Waals surface area (Å²) in [5, 5.41) is 0. The lowest BCUT2D eigenvalue weighted by Crippen LogP contribution is -2.37. The standard InChI is InChI=1S/C29H34N2/c1-28(2)22-16-12-14-18-24(22)30(5)26(28)20-10-8-7-9-11-21-27-29(3,4)23-17-13-15-19-25(23)31(27)6/h7-21,26H,1-6H3. The summed E-state index contributed by atoms with van der Waals surface area (Å²) in [6.07, 6.45) is 15.2. The normalized spacial score (nSPS) is 22.9. The summed E-state index contributed by atoms with van der Waals surface area (Å²) in [6, 6.07) is 17.8. The average molecular weight is 411 g/mol. The van der Waals surface area contributed by atoms with Gasteiger partial charge in [0.1, 0.15) is 0 Å². The van der Waals surface area contributed by atoms with Crippen molar-refractivity contribution < 1.29 is 0 Å². The fraction of sp³-hybridized carbons (Fsp3) is 0.310. The van der Waals surface area contributed by atoms with Crippen LogP contribution in [-0.4, -0.2) is 20.1 Å². The molecule has 2 nitrogen and oxygen atoms in total. The Morgan fingerprint density at radius 3 is 1.97 bits per heavy atom. The number of likely N-dealkylation sites (N-methyl/N-ethyl adjacent to an activating group) is 2. The van der Waals surface area contributed by atoms with Crippen LogP contribution in [0, 0.1) is 0 Å². The van der Waals surface area contributed by atoms with E-state index in [4.69, 9.17) is 0 Å². The van der Waals surface area contributed by atoms with E-state index < -0.39 is 0 Å². The van der Waals surface area contributed by atoms with Crippen molar-refractivity contribution in [2.24, 2.45) is 0 Å². The summed E-state index contributed by atoms with van der Waals surface area (Å²) in [7, 11) is 4.35. The number of rotatable bonds is 4. The molecular weight excluding hydrogens is 376 g/mol. The second kappa shape index (κ2) is 7.92. The Kier molecular flexibility index (Phi) is 5.43. The minimum atomic E-state index is 0.0208. The van der Waals surface area contributed by atoms with E-state index in [-0.39, 0.29) is 10.8 Å². The smallest absolute Gasteiger partial charge is 0.0565 e. The molecule has 0 saturated heterocycles. The molecule has 1 unspecified atom stereocenters. The van der Waals surface area contributed by atoms with Gasteiger partial charge in [-0.2, -0.15) is 0 Å². The molecule has 160 valence electrons. The molecule has 2 heteroatoms. The van der Waals surface area contributed by atoms with Gasteiger partial charge in [-0.15, -0.1) is 0 Å². The highest BCUT2D eigenvalue weighted by Gasteiger charge is 2.41. The van der Waals surface area contributed by atoms with Crippen LogP contribution in [-0.2, 0) is 10.8 Å². The molecule has 1 atom stereocenters. The molecule has 2 heterocycles. The Balaban J connectivity index is 1.43. The van der Waals surface area contributed by atoms with Crippen LogP contribution >= 0.6 is 0 Å². The highest BCUT2D eigenvalue weighted by molar-refractivity contribution is 5.70. The molecule has 0 N–H and O–H groups in total. The summed E-state index contributed by atoms with van der Waals surface area (Å²) in [4.78, 5) is 4.69. The Hall–Kier alpha value is -3.00. The van der Waals surface area contributed by atoms with Crippen molar-refractivity contribution in [1.29, 1.82) is 0 Å². The van der Waals surface area contributed by atoms with Crippen molar-refractivity contribution in [1.82, 2.24) is 0 Å². The second-order valence-electron chi connectivity index (χ2n) is 9.70. The zero-order chi connectivity index (χ0) is 22.2. The van der Waals surface area contributed by atoms with Gasteiger partial charge in [-0.1, -0.05) is 101 Å². The van der Waals surface area contributed by atoms with Crippen LogP contribution in [0.2, 0.25) is 0 Å². The Morgan fingerprint density at radius 2 is 1.29 bits per heavy atom. The highest BCUT2D eigenvalue weighted by Crippen LogP contribution is 2.46. The maximum absolute atomic E-state index is 2.38. The summed E-state index contributed by atoms with van der Waals surface area (Å²) in [5.74, 6) is 0.